The van der Waals surface area contributed by atoms with Crippen LogP contribution in [0.15, 0.2) is 33.9 Å². The number of aryl methyl sites for hydroxylation is 2. The molecule has 3 aromatic rings. The first-order valence-corrected chi connectivity index (χ1v) is 8.82. The minimum absolute atomic E-state index is 0.158. The summed E-state index contributed by atoms with van der Waals surface area (Å²) >= 11 is 7.13. The van der Waals surface area contributed by atoms with Crippen molar-refractivity contribution in [1.82, 2.24) is 20.0 Å². The first-order chi connectivity index (χ1) is 11.9. The zero-order valence-electron chi connectivity index (χ0n) is 13.9. The van der Waals surface area contributed by atoms with Gasteiger partial charge in [0.05, 0.1) is 22.8 Å². The Morgan fingerprint density at radius 2 is 2.16 bits per heavy atom. The maximum Gasteiger partial charge on any atom is 0.277 e. The third-order valence-electron chi connectivity index (χ3n) is 3.58. The van der Waals surface area contributed by atoms with Gasteiger partial charge in [-0.15, -0.1) is 10.2 Å². The Kier molecular flexibility index (Phi) is 5.10. The van der Waals surface area contributed by atoms with Crippen molar-refractivity contribution in [1.29, 1.82) is 0 Å². The van der Waals surface area contributed by atoms with Crippen LogP contribution in [-0.2, 0) is 11.8 Å². The number of carbonyl (C=O) groups is 1. The van der Waals surface area contributed by atoms with Crippen LogP contribution in [0.3, 0.4) is 0 Å². The maximum atomic E-state index is 12.1. The van der Waals surface area contributed by atoms with Crippen molar-refractivity contribution in [3.8, 4) is 11.5 Å². The van der Waals surface area contributed by atoms with E-state index in [9.17, 15) is 4.79 Å². The lowest BCUT2D eigenvalue weighted by molar-refractivity contribution is -0.113. The van der Waals surface area contributed by atoms with Crippen LogP contribution in [-0.4, -0.2) is 31.6 Å². The summed E-state index contributed by atoms with van der Waals surface area (Å²) in [6, 6.07) is 7.14. The summed E-state index contributed by atoms with van der Waals surface area (Å²) in [5.41, 5.74) is 3.15. The number of aromatic nitrogens is 4. The average molecular weight is 378 g/mol. The van der Waals surface area contributed by atoms with Crippen molar-refractivity contribution in [2.45, 2.75) is 19.1 Å². The molecule has 0 saturated heterocycles. The number of hydrogen-bond acceptors (Lipinski definition) is 6. The topological polar surface area (TPSA) is 85.8 Å². The molecule has 0 atom stereocenters. The number of rotatable bonds is 5. The van der Waals surface area contributed by atoms with Gasteiger partial charge in [0.25, 0.3) is 5.22 Å². The SMILES string of the molecule is Cc1nn(C)c(C)c1NC(=O)CSc1nnc(-c2cccc(Cl)c2)o1. The molecule has 1 amide bonds. The molecule has 0 radical (unpaired) electrons. The van der Waals surface area contributed by atoms with Crippen LogP contribution in [0.2, 0.25) is 5.02 Å². The molecule has 1 N–H and O–H groups in total. The van der Waals surface area contributed by atoms with E-state index >= 15 is 0 Å². The molecule has 130 valence electrons. The first kappa shape index (κ1) is 17.5. The van der Waals surface area contributed by atoms with E-state index < -0.39 is 0 Å². The molecule has 0 bridgehead atoms. The second kappa shape index (κ2) is 7.28. The van der Waals surface area contributed by atoms with Crippen molar-refractivity contribution in [3.63, 3.8) is 0 Å². The fraction of sp³-hybridized carbons (Fsp3) is 0.250. The van der Waals surface area contributed by atoms with E-state index in [1.165, 1.54) is 11.8 Å². The highest BCUT2D eigenvalue weighted by atomic mass is 35.5. The van der Waals surface area contributed by atoms with Gasteiger partial charge in [0.1, 0.15) is 0 Å². The molecule has 0 aliphatic carbocycles. The highest BCUT2D eigenvalue weighted by Gasteiger charge is 2.15. The number of hydrogen-bond donors (Lipinski definition) is 1. The molecule has 1 aromatic carbocycles. The summed E-state index contributed by atoms with van der Waals surface area (Å²) in [4.78, 5) is 12.1. The Morgan fingerprint density at radius 1 is 1.36 bits per heavy atom. The van der Waals surface area contributed by atoms with E-state index in [0.29, 0.717) is 16.1 Å². The van der Waals surface area contributed by atoms with Crippen LogP contribution in [0.5, 0.6) is 0 Å². The van der Waals surface area contributed by atoms with E-state index in [1.54, 1.807) is 22.9 Å². The van der Waals surface area contributed by atoms with Gasteiger partial charge in [0, 0.05) is 17.6 Å². The van der Waals surface area contributed by atoms with Crippen molar-refractivity contribution in [2.75, 3.05) is 11.1 Å². The summed E-state index contributed by atoms with van der Waals surface area (Å²) in [7, 11) is 1.84. The largest absolute Gasteiger partial charge is 0.411 e. The van der Waals surface area contributed by atoms with Crippen molar-refractivity contribution >= 4 is 35.0 Å². The number of anilines is 1. The van der Waals surface area contributed by atoms with Crippen LogP contribution in [0.1, 0.15) is 11.4 Å². The van der Waals surface area contributed by atoms with Crippen LogP contribution < -0.4 is 5.32 Å². The fourth-order valence-corrected chi connectivity index (χ4v) is 3.02. The number of thioether (sulfide) groups is 1. The summed E-state index contributed by atoms with van der Waals surface area (Å²) < 4.78 is 7.29. The predicted molar refractivity (Wildman–Crippen MR) is 96.8 cm³/mol. The Hall–Kier alpha value is -2.32. The normalized spacial score (nSPS) is 10.9. The molecule has 2 heterocycles. The minimum Gasteiger partial charge on any atom is -0.411 e. The quantitative estimate of drug-likeness (QED) is 0.685. The third-order valence-corrected chi connectivity index (χ3v) is 4.63. The molecular weight excluding hydrogens is 362 g/mol. The van der Waals surface area contributed by atoms with E-state index in [-0.39, 0.29) is 11.7 Å². The smallest absolute Gasteiger partial charge is 0.277 e. The van der Waals surface area contributed by atoms with Gasteiger partial charge in [-0.2, -0.15) is 5.10 Å². The van der Waals surface area contributed by atoms with Gasteiger partial charge in [0.15, 0.2) is 0 Å². The Labute approximate surface area is 153 Å². The fourth-order valence-electron chi connectivity index (χ4n) is 2.26. The second-order valence-electron chi connectivity index (χ2n) is 5.39. The zero-order chi connectivity index (χ0) is 18.0. The van der Waals surface area contributed by atoms with E-state index in [4.69, 9.17) is 16.0 Å². The summed E-state index contributed by atoms with van der Waals surface area (Å²) in [5.74, 6) is 0.362. The molecule has 2 aromatic heterocycles. The van der Waals surface area contributed by atoms with Gasteiger partial charge in [-0.3, -0.25) is 9.48 Å². The molecule has 0 aliphatic rings. The van der Waals surface area contributed by atoms with Gasteiger partial charge in [-0.25, -0.2) is 0 Å². The lowest BCUT2D eigenvalue weighted by Crippen LogP contribution is -2.15. The van der Waals surface area contributed by atoms with Gasteiger partial charge in [-0.1, -0.05) is 29.4 Å². The first-order valence-electron chi connectivity index (χ1n) is 7.46. The predicted octanol–water partition coefficient (Wildman–Crippen LogP) is 3.47. The summed E-state index contributed by atoms with van der Waals surface area (Å²) in [5, 5.41) is 16.0. The molecule has 0 fully saturated rings. The van der Waals surface area contributed by atoms with Crippen LogP contribution >= 0.6 is 23.4 Å². The van der Waals surface area contributed by atoms with Crippen molar-refractivity contribution < 1.29 is 9.21 Å². The lowest BCUT2D eigenvalue weighted by Gasteiger charge is -2.04. The number of halogens is 1. The molecule has 0 unspecified atom stereocenters. The highest BCUT2D eigenvalue weighted by molar-refractivity contribution is 7.99. The van der Waals surface area contributed by atoms with Gasteiger partial charge < -0.3 is 9.73 Å². The molecule has 9 heteroatoms. The van der Waals surface area contributed by atoms with Crippen molar-refractivity contribution in [2.24, 2.45) is 7.05 Å². The lowest BCUT2D eigenvalue weighted by atomic mass is 10.2. The highest BCUT2D eigenvalue weighted by Crippen LogP contribution is 2.25. The maximum absolute atomic E-state index is 12.1. The number of carbonyl (C=O) groups excluding carboxylic acids is 1. The third kappa shape index (κ3) is 4.02. The van der Waals surface area contributed by atoms with Gasteiger partial charge in [0.2, 0.25) is 11.8 Å². The number of nitrogens with one attached hydrogen (secondary N) is 1. The number of benzene rings is 1. The van der Waals surface area contributed by atoms with E-state index in [0.717, 1.165) is 22.6 Å². The molecule has 3 rings (SSSR count). The van der Waals surface area contributed by atoms with Crippen LogP contribution in [0, 0.1) is 13.8 Å². The molecular formula is C16H16ClN5O2S. The zero-order valence-corrected chi connectivity index (χ0v) is 15.5. The Morgan fingerprint density at radius 3 is 2.84 bits per heavy atom. The molecule has 25 heavy (non-hydrogen) atoms. The minimum atomic E-state index is -0.160. The number of amides is 1. The Bertz CT molecular complexity index is 921. The number of nitrogens with zero attached hydrogens (tertiary/aromatic N) is 4. The summed E-state index contributed by atoms with van der Waals surface area (Å²) in [6.07, 6.45) is 0. The second-order valence-corrected chi connectivity index (χ2v) is 6.75. The monoisotopic (exact) mass is 377 g/mol. The molecule has 7 nitrogen and oxygen atoms in total. The molecule has 0 spiro atoms. The Balaban J connectivity index is 1.61. The van der Waals surface area contributed by atoms with Crippen LogP contribution in [0.4, 0.5) is 5.69 Å². The molecule has 0 aliphatic heterocycles. The van der Waals surface area contributed by atoms with E-state index in [1.807, 2.05) is 27.0 Å². The standard InChI is InChI=1S/C16H16ClN5O2S/c1-9-14(10(2)22(3)21-9)18-13(23)8-25-16-20-19-15(24-16)11-5-4-6-12(17)7-11/h4-7H,8H2,1-3H3,(H,18,23). The molecule has 0 saturated carbocycles. The average Bonchev–Trinajstić information content (AvgIpc) is 3.14. The van der Waals surface area contributed by atoms with Gasteiger partial charge >= 0.3 is 0 Å². The van der Waals surface area contributed by atoms with Gasteiger partial charge in [-0.05, 0) is 32.0 Å². The summed E-state index contributed by atoms with van der Waals surface area (Å²) in [6.45, 7) is 3.75. The van der Waals surface area contributed by atoms with E-state index in [2.05, 4.69) is 20.6 Å². The van der Waals surface area contributed by atoms with Crippen LogP contribution in [0.25, 0.3) is 11.5 Å². The van der Waals surface area contributed by atoms with Crippen molar-refractivity contribution in [3.05, 3.63) is 40.7 Å².